The highest BCUT2D eigenvalue weighted by Crippen LogP contribution is 2.16. The Labute approximate surface area is 144 Å². The standard InChI is InChI=1S/C17H17FN6O/c1-23(2)15-8-6-14(7-9-15)19-16(25)11-24-21-17(20-22-24)12-4-3-5-13(18)10-12/h3-10H,11H2,1-2H3,(H,19,25). The van der Waals surface area contributed by atoms with Crippen molar-refractivity contribution in [3.8, 4) is 11.4 Å². The molecule has 8 heteroatoms. The summed E-state index contributed by atoms with van der Waals surface area (Å²) in [5, 5.41) is 14.5. The lowest BCUT2D eigenvalue weighted by molar-refractivity contribution is -0.117. The van der Waals surface area contributed by atoms with Crippen LogP contribution in [0.25, 0.3) is 11.4 Å². The zero-order valence-corrected chi connectivity index (χ0v) is 13.8. The number of aromatic nitrogens is 4. The fourth-order valence-electron chi connectivity index (χ4n) is 2.23. The second-order valence-electron chi connectivity index (χ2n) is 5.64. The molecule has 2 aromatic carbocycles. The average Bonchev–Trinajstić information content (AvgIpc) is 3.03. The van der Waals surface area contributed by atoms with E-state index in [1.165, 1.54) is 16.9 Å². The predicted octanol–water partition coefficient (Wildman–Crippen LogP) is 2.18. The minimum absolute atomic E-state index is 0.0856. The molecule has 0 aliphatic carbocycles. The zero-order valence-electron chi connectivity index (χ0n) is 13.8. The number of halogens is 1. The first-order chi connectivity index (χ1) is 12.0. The smallest absolute Gasteiger partial charge is 0.248 e. The van der Waals surface area contributed by atoms with Gasteiger partial charge in [0.2, 0.25) is 11.7 Å². The largest absolute Gasteiger partial charge is 0.378 e. The summed E-state index contributed by atoms with van der Waals surface area (Å²) >= 11 is 0. The predicted molar refractivity (Wildman–Crippen MR) is 92.6 cm³/mol. The molecule has 0 aliphatic heterocycles. The van der Waals surface area contributed by atoms with Gasteiger partial charge in [-0.25, -0.2) is 4.39 Å². The summed E-state index contributed by atoms with van der Waals surface area (Å²) in [5.41, 5.74) is 2.22. The number of hydrogen-bond donors (Lipinski definition) is 1. The Balaban J connectivity index is 1.63. The summed E-state index contributed by atoms with van der Waals surface area (Å²) in [6, 6.07) is 13.3. The summed E-state index contributed by atoms with van der Waals surface area (Å²) < 4.78 is 13.2. The summed E-state index contributed by atoms with van der Waals surface area (Å²) in [6.45, 7) is -0.0856. The minimum Gasteiger partial charge on any atom is -0.378 e. The molecule has 128 valence electrons. The van der Waals surface area contributed by atoms with E-state index in [4.69, 9.17) is 0 Å². The molecule has 0 saturated heterocycles. The molecule has 1 heterocycles. The van der Waals surface area contributed by atoms with Crippen LogP contribution in [0.2, 0.25) is 0 Å². The summed E-state index contributed by atoms with van der Waals surface area (Å²) in [6.07, 6.45) is 0. The van der Waals surface area contributed by atoms with Crippen molar-refractivity contribution in [3.63, 3.8) is 0 Å². The van der Waals surface area contributed by atoms with Gasteiger partial charge in [-0.15, -0.1) is 10.2 Å². The molecule has 3 aromatic rings. The maximum atomic E-state index is 13.2. The van der Waals surface area contributed by atoms with Gasteiger partial charge in [0.25, 0.3) is 0 Å². The van der Waals surface area contributed by atoms with Gasteiger partial charge in [-0.3, -0.25) is 4.79 Å². The molecule has 0 aliphatic rings. The highest BCUT2D eigenvalue weighted by Gasteiger charge is 2.10. The van der Waals surface area contributed by atoms with Crippen LogP contribution in [0.15, 0.2) is 48.5 Å². The Morgan fingerprint density at radius 2 is 1.96 bits per heavy atom. The van der Waals surface area contributed by atoms with Gasteiger partial charge < -0.3 is 10.2 Å². The highest BCUT2D eigenvalue weighted by molar-refractivity contribution is 5.90. The van der Waals surface area contributed by atoms with Crippen LogP contribution in [0, 0.1) is 5.82 Å². The van der Waals surface area contributed by atoms with E-state index in [1.54, 1.807) is 12.1 Å². The van der Waals surface area contributed by atoms with Crippen molar-refractivity contribution in [1.29, 1.82) is 0 Å². The number of benzene rings is 2. The van der Waals surface area contributed by atoms with Crippen LogP contribution in [0.3, 0.4) is 0 Å². The van der Waals surface area contributed by atoms with Gasteiger partial charge in [0.15, 0.2) is 0 Å². The lowest BCUT2D eigenvalue weighted by Gasteiger charge is -2.12. The molecule has 25 heavy (non-hydrogen) atoms. The Morgan fingerprint density at radius 1 is 1.20 bits per heavy atom. The van der Waals surface area contributed by atoms with Gasteiger partial charge in [0, 0.05) is 31.0 Å². The van der Waals surface area contributed by atoms with Gasteiger partial charge in [-0.1, -0.05) is 12.1 Å². The van der Waals surface area contributed by atoms with Gasteiger partial charge >= 0.3 is 0 Å². The molecule has 1 N–H and O–H groups in total. The molecule has 0 radical (unpaired) electrons. The maximum absolute atomic E-state index is 13.2. The first-order valence-electron chi connectivity index (χ1n) is 7.62. The van der Waals surface area contributed by atoms with E-state index in [0.717, 1.165) is 5.69 Å². The summed E-state index contributed by atoms with van der Waals surface area (Å²) in [5.74, 6) is -0.392. The number of hydrogen-bond acceptors (Lipinski definition) is 5. The van der Waals surface area contributed by atoms with Gasteiger partial charge in [-0.2, -0.15) is 4.80 Å². The number of amides is 1. The topological polar surface area (TPSA) is 75.9 Å². The molecule has 1 aromatic heterocycles. The monoisotopic (exact) mass is 340 g/mol. The lowest BCUT2D eigenvalue weighted by Crippen LogP contribution is -2.20. The fourth-order valence-corrected chi connectivity index (χ4v) is 2.23. The van der Waals surface area contributed by atoms with Crippen molar-refractivity contribution in [2.75, 3.05) is 24.3 Å². The first-order valence-corrected chi connectivity index (χ1v) is 7.62. The van der Waals surface area contributed by atoms with Crippen LogP contribution in [0.1, 0.15) is 0 Å². The molecule has 1 amide bonds. The number of tetrazole rings is 1. The van der Waals surface area contributed by atoms with Crippen molar-refractivity contribution in [3.05, 3.63) is 54.3 Å². The van der Waals surface area contributed by atoms with E-state index >= 15 is 0 Å². The van der Waals surface area contributed by atoms with Crippen molar-refractivity contribution in [2.24, 2.45) is 0 Å². The van der Waals surface area contributed by atoms with Crippen LogP contribution < -0.4 is 10.2 Å². The van der Waals surface area contributed by atoms with Crippen molar-refractivity contribution in [2.45, 2.75) is 6.54 Å². The van der Waals surface area contributed by atoms with Gasteiger partial charge in [-0.05, 0) is 41.6 Å². The second-order valence-corrected chi connectivity index (χ2v) is 5.64. The molecular weight excluding hydrogens is 323 g/mol. The van der Waals surface area contributed by atoms with E-state index < -0.39 is 0 Å². The number of nitrogens with one attached hydrogen (secondary N) is 1. The number of carbonyl (C=O) groups is 1. The van der Waals surface area contributed by atoms with Crippen LogP contribution in [0.5, 0.6) is 0 Å². The van der Waals surface area contributed by atoms with Gasteiger partial charge in [0.05, 0.1) is 0 Å². The molecule has 0 atom stereocenters. The number of nitrogens with zero attached hydrogens (tertiary/aromatic N) is 5. The molecule has 0 unspecified atom stereocenters. The summed E-state index contributed by atoms with van der Waals surface area (Å²) in [7, 11) is 3.89. The first kappa shape index (κ1) is 16.6. The van der Waals surface area contributed by atoms with E-state index in [-0.39, 0.29) is 24.1 Å². The molecule has 0 saturated carbocycles. The van der Waals surface area contributed by atoms with Gasteiger partial charge in [0.1, 0.15) is 12.4 Å². The minimum atomic E-state index is -0.382. The van der Waals surface area contributed by atoms with Crippen LogP contribution in [0.4, 0.5) is 15.8 Å². The third-order valence-electron chi connectivity index (χ3n) is 3.49. The van der Waals surface area contributed by atoms with Crippen LogP contribution in [-0.4, -0.2) is 40.2 Å². The van der Waals surface area contributed by atoms with Crippen LogP contribution >= 0.6 is 0 Å². The van der Waals surface area contributed by atoms with E-state index in [1.807, 2.05) is 43.3 Å². The van der Waals surface area contributed by atoms with Crippen LogP contribution in [-0.2, 0) is 11.3 Å². The molecule has 0 spiro atoms. The van der Waals surface area contributed by atoms with E-state index in [0.29, 0.717) is 11.3 Å². The normalized spacial score (nSPS) is 10.5. The van der Waals surface area contributed by atoms with Crippen molar-refractivity contribution < 1.29 is 9.18 Å². The molecule has 7 nitrogen and oxygen atoms in total. The van der Waals surface area contributed by atoms with E-state index in [2.05, 4.69) is 20.7 Å². The molecule has 3 rings (SSSR count). The Bertz CT molecular complexity index is 875. The lowest BCUT2D eigenvalue weighted by atomic mass is 10.2. The summed E-state index contributed by atoms with van der Waals surface area (Å²) in [4.78, 5) is 15.2. The number of rotatable bonds is 5. The average molecular weight is 340 g/mol. The number of carbonyl (C=O) groups excluding carboxylic acids is 1. The molecular formula is C17H17FN6O. The van der Waals surface area contributed by atoms with Crippen molar-refractivity contribution >= 4 is 17.3 Å². The van der Waals surface area contributed by atoms with Crippen molar-refractivity contribution in [1.82, 2.24) is 20.2 Å². The third-order valence-corrected chi connectivity index (χ3v) is 3.49. The Morgan fingerprint density at radius 3 is 2.64 bits per heavy atom. The number of anilines is 2. The van der Waals surface area contributed by atoms with E-state index in [9.17, 15) is 9.18 Å². The molecule has 0 fully saturated rings. The highest BCUT2D eigenvalue weighted by atomic mass is 19.1. The maximum Gasteiger partial charge on any atom is 0.248 e. The SMILES string of the molecule is CN(C)c1ccc(NC(=O)Cn2nnc(-c3cccc(F)c3)n2)cc1. The Hall–Kier alpha value is -3.29. The fraction of sp³-hybridized carbons (Fsp3) is 0.176. The third kappa shape index (κ3) is 4.17. The zero-order chi connectivity index (χ0) is 17.8. The molecule has 0 bridgehead atoms. The Kier molecular flexibility index (Phi) is 4.69. The second kappa shape index (κ2) is 7.08. The quantitative estimate of drug-likeness (QED) is 0.770.